The topological polar surface area (TPSA) is 67.2 Å². The van der Waals surface area contributed by atoms with Gasteiger partial charge in [-0.05, 0) is 17.5 Å². The van der Waals surface area contributed by atoms with E-state index in [1.54, 1.807) is 22.4 Å². The van der Waals surface area contributed by atoms with Gasteiger partial charge in [0, 0.05) is 60.3 Å². The lowest BCUT2D eigenvalue weighted by molar-refractivity contribution is -0.120. The van der Waals surface area contributed by atoms with Gasteiger partial charge >= 0.3 is 0 Å². The molecule has 6 nitrogen and oxygen atoms in total. The van der Waals surface area contributed by atoms with Crippen molar-refractivity contribution < 1.29 is 9.59 Å². The van der Waals surface area contributed by atoms with Gasteiger partial charge in [0.2, 0.25) is 5.91 Å². The van der Waals surface area contributed by atoms with E-state index in [1.165, 1.54) is 4.88 Å². The minimum atomic E-state index is -0.121. The highest BCUT2D eigenvalue weighted by molar-refractivity contribution is 7.09. The standard InChI is InChI=1S/C18H18N4O2S/c23-17-3-5-22(6-4-19-17)18(24)16-8-13-10-21(11-14(13)9-20-16)12-15-2-1-7-25-15/h1-2,7-11H,3-6,12H2,(H,19,23). The summed E-state index contributed by atoms with van der Waals surface area (Å²) in [7, 11) is 0. The Hall–Kier alpha value is -2.67. The van der Waals surface area contributed by atoms with Crippen LogP contribution < -0.4 is 5.32 Å². The first-order valence-corrected chi connectivity index (χ1v) is 9.11. The Morgan fingerprint density at radius 2 is 2.16 bits per heavy atom. The molecule has 4 heterocycles. The van der Waals surface area contributed by atoms with Crippen molar-refractivity contribution in [2.24, 2.45) is 0 Å². The molecule has 0 bridgehead atoms. The molecule has 1 saturated heterocycles. The van der Waals surface area contributed by atoms with Crippen LogP contribution in [0.15, 0.2) is 42.2 Å². The Balaban J connectivity index is 1.55. The van der Waals surface area contributed by atoms with Crippen LogP contribution >= 0.6 is 11.3 Å². The van der Waals surface area contributed by atoms with Crippen LogP contribution in [-0.2, 0) is 11.3 Å². The zero-order valence-corrected chi connectivity index (χ0v) is 14.5. The van der Waals surface area contributed by atoms with Gasteiger partial charge in [-0.1, -0.05) is 6.07 Å². The summed E-state index contributed by atoms with van der Waals surface area (Å²) in [5, 5.41) is 6.86. The van der Waals surface area contributed by atoms with E-state index in [1.807, 2.05) is 24.5 Å². The molecular weight excluding hydrogens is 336 g/mol. The van der Waals surface area contributed by atoms with E-state index in [2.05, 4.69) is 26.3 Å². The summed E-state index contributed by atoms with van der Waals surface area (Å²) < 4.78 is 2.11. The second-order valence-electron chi connectivity index (χ2n) is 6.10. The molecule has 1 aliphatic rings. The number of aromatic nitrogens is 2. The van der Waals surface area contributed by atoms with Crippen LogP contribution in [0.5, 0.6) is 0 Å². The van der Waals surface area contributed by atoms with Crippen LogP contribution in [0.2, 0.25) is 0 Å². The van der Waals surface area contributed by atoms with Crippen molar-refractivity contribution in [3.05, 3.63) is 52.7 Å². The molecule has 0 spiro atoms. The molecule has 0 atom stereocenters. The first-order chi connectivity index (χ1) is 12.2. The fourth-order valence-electron chi connectivity index (χ4n) is 3.02. The highest BCUT2D eigenvalue weighted by Crippen LogP contribution is 2.19. The number of thiophene rings is 1. The Labute approximate surface area is 149 Å². The number of hydrogen-bond acceptors (Lipinski definition) is 4. The fourth-order valence-corrected chi connectivity index (χ4v) is 3.73. The van der Waals surface area contributed by atoms with Gasteiger partial charge in [0.1, 0.15) is 5.69 Å². The monoisotopic (exact) mass is 354 g/mol. The van der Waals surface area contributed by atoms with E-state index in [0.29, 0.717) is 31.7 Å². The molecule has 0 unspecified atom stereocenters. The Morgan fingerprint density at radius 1 is 1.28 bits per heavy atom. The molecule has 7 heteroatoms. The van der Waals surface area contributed by atoms with E-state index < -0.39 is 0 Å². The molecule has 0 aromatic carbocycles. The van der Waals surface area contributed by atoms with Gasteiger partial charge in [-0.25, -0.2) is 0 Å². The van der Waals surface area contributed by atoms with Gasteiger partial charge in [0.15, 0.2) is 0 Å². The van der Waals surface area contributed by atoms with Crippen LogP contribution in [-0.4, -0.2) is 45.9 Å². The zero-order chi connectivity index (χ0) is 17.2. The minimum Gasteiger partial charge on any atom is -0.354 e. The van der Waals surface area contributed by atoms with Crippen molar-refractivity contribution in [3.63, 3.8) is 0 Å². The molecule has 0 radical (unpaired) electrons. The average molecular weight is 354 g/mol. The number of fused-ring (bicyclic) bond motifs is 1. The molecule has 3 aromatic heterocycles. The van der Waals surface area contributed by atoms with E-state index >= 15 is 0 Å². The Kier molecular flexibility index (Phi) is 4.23. The van der Waals surface area contributed by atoms with Crippen LogP contribution in [0.25, 0.3) is 10.8 Å². The van der Waals surface area contributed by atoms with Gasteiger partial charge in [-0.3, -0.25) is 14.6 Å². The van der Waals surface area contributed by atoms with E-state index in [-0.39, 0.29) is 11.8 Å². The van der Waals surface area contributed by atoms with Crippen molar-refractivity contribution in [1.82, 2.24) is 19.8 Å². The molecule has 2 amide bonds. The lowest BCUT2D eigenvalue weighted by Gasteiger charge is -2.18. The van der Waals surface area contributed by atoms with Crippen molar-refractivity contribution >= 4 is 33.9 Å². The Bertz CT molecular complexity index is 916. The predicted molar refractivity (Wildman–Crippen MR) is 96.7 cm³/mol. The summed E-state index contributed by atoms with van der Waals surface area (Å²) in [6, 6.07) is 5.99. The van der Waals surface area contributed by atoms with Gasteiger partial charge in [-0.2, -0.15) is 0 Å². The quantitative estimate of drug-likeness (QED) is 0.783. The highest BCUT2D eigenvalue weighted by atomic mass is 32.1. The fraction of sp³-hybridized carbons (Fsp3) is 0.278. The summed E-state index contributed by atoms with van der Waals surface area (Å²) in [5.74, 6) is -0.131. The van der Waals surface area contributed by atoms with Crippen LogP contribution in [0, 0.1) is 0 Å². The number of carbonyl (C=O) groups is 2. The molecule has 3 aromatic rings. The number of rotatable bonds is 3. The summed E-state index contributed by atoms with van der Waals surface area (Å²) in [6.45, 7) is 2.26. The largest absolute Gasteiger partial charge is 0.354 e. The lowest BCUT2D eigenvalue weighted by atomic mass is 10.2. The van der Waals surface area contributed by atoms with E-state index in [0.717, 1.165) is 17.3 Å². The molecule has 1 fully saturated rings. The summed E-state index contributed by atoms with van der Waals surface area (Å²) in [5.41, 5.74) is 0.427. The predicted octanol–water partition coefficient (Wildman–Crippen LogP) is 2.11. The third kappa shape index (κ3) is 3.41. The Morgan fingerprint density at radius 3 is 3.00 bits per heavy atom. The first kappa shape index (κ1) is 15.8. The number of nitrogens with one attached hydrogen (secondary N) is 1. The van der Waals surface area contributed by atoms with Crippen molar-refractivity contribution in [3.8, 4) is 0 Å². The number of pyridine rings is 1. The van der Waals surface area contributed by atoms with Gasteiger partial charge in [-0.15, -0.1) is 11.3 Å². The summed E-state index contributed by atoms with van der Waals surface area (Å²) in [4.78, 5) is 31.4. The van der Waals surface area contributed by atoms with Gasteiger partial charge < -0.3 is 14.8 Å². The third-order valence-electron chi connectivity index (χ3n) is 4.32. The first-order valence-electron chi connectivity index (χ1n) is 8.23. The second-order valence-corrected chi connectivity index (χ2v) is 7.13. The SMILES string of the molecule is O=C1CCN(C(=O)c2cc3cn(Cc4cccs4)cc3cn2)CCN1. The van der Waals surface area contributed by atoms with Gasteiger partial charge in [0.05, 0.1) is 6.54 Å². The van der Waals surface area contributed by atoms with Crippen LogP contribution in [0.3, 0.4) is 0 Å². The molecule has 0 saturated carbocycles. The maximum absolute atomic E-state index is 12.7. The molecule has 1 aliphatic heterocycles. The van der Waals surface area contributed by atoms with E-state index in [4.69, 9.17) is 0 Å². The molecule has 25 heavy (non-hydrogen) atoms. The average Bonchev–Trinajstić information content (AvgIpc) is 3.20. The molecule has 0 aliphatic carbocycles. The van der Waals surface area contributed by atoms with E-state index in [9.17, 15) is 9.59 Å². The molecule has 1 N–H and O–H groups in total. The third-order valence-corrected chi connectivity index (χ3v) is 5.18. The number of nitrogens with zero attached hydrogens (tertiary/aromatic N) is 3. The summed E-state index contributed by atoms with van der Waals surface area (Å²) in [6.07, 6.45) is 6.17. The summed E-state index contributed by atoms with van der Waals surface area (Å²) >= 11 is 1.73. The van der Waals surface area contributed by atoms with Crippen molar-refractivity contribution in [2.45, 2.75) is 13.0 Å². The highest BCUT2D eigenvalue weighted by Gasteiger charge is 2.21. The molecular formula is C18H18N4O2S. The van der Waals surface area contributed by atoms with Crippen LogP contribution in [0.1, 0.15) is 21.8 Å². The number of amides is 2. The van der Waals surface area contributed by atoms with Crippen molar-refractivity contribution in [1.29, 1.82) is 0 Å². The normalized spacial score (nSPS) is 15.2. The smallest absolute Gasteiger partial charge is 0.272 e. The maximum Gasteiger partial charge on any atom is 0.272 e. The zero-order valence-electron chi connectivity index (χ0n) is 13.6. The van der Waals surface area contributed by atoms with Crippen molar-refractivity contribution in [2.75, 3.05) is 19.6 Å². The van der Waals surface area contributed by atoms with Crippen LogP contribution in [0.4, 0.5) is 0 Å². The second kappa shape index (κ2) is 6.68. The minimum absolute atomic E-state index is 0.00985. The maximum atomic E-state index is 12.7. The number of carbonyl (C=O) groups excluding carboxylic acids is 2. The molecule has 128 valence electrons. The van der Waals surface area contributed by atoms with Gasteiger partial charge in [0.25, 0.3) is 5.91 Å². The lowest BCUT2D eigenvalue weighted by Crippen LogP contribution is -2.34. The molecule has 4 rings (SSSR count). The number of hydrogen-bond donors (Lipinski definition) is 1.